The molecule has 130 valence electrons. The van der Waals surface area contributed by atoms with Crippen LogP contribution in [0.3, 0.4) is 0 Å². The summed E-state index contributed by atoms with van der Waals surface area (Å²) in [5.41, 5.74) is 0.873. The van der Waals surface area contributed by atoms with E-state index < -0.39 is 11.2 Å². The van der Waals surface area contributed by atoms with Crippen LogP contribution < -0.4 is 11.2 Å². The highest BCUT2D eigenvalue weighted by Gasteiger charge is 2.19. The SMILES string of the molecule is CC(=O)CSc1nc2c(c(=O)n(C)c(=O)n2C)n1Cc1ccccc1. The average molecular weight is 358 g/mol. The van der Waals surface area contributed by atoms with Crippen molar-refractivity contribution in [2.24, 2.45) is 14.1 Å². The van der Waals surface area contributed by atoms with Crippen LogP contribution in [0.15, 0.2) is 45.1 Å². The predicted octanol–water partition coefficient (Wildman–Crippen LogP) is 1.16. The first-order valence-electron chi connectivity index (χ1n) is 7.72. The van der Waals surface area contributed by atoms with Gasteiger partial charge in [-0.3, -0.25) is 18.7 Å². The number of imidazole rings is 1. The van der Waals surface area contributed by atoms with Crippen molar-refractivity contribution in [3.63, 3.8) is 0 Å². The van der Waals surface area contributed by atoms with Crippen molar-refractivity contribution in [2.45, 2.75) is 18.6 Å². The van der Waals surface area contributed by atoms with Gasteiger partial charge in [-0.25, -0.2) is 9.78 Å². The monoisotopic (exact) mass is 358 g/mol. The molecule has 8 heteroatoms. The Bertz CT molecular complexity index is 1060. The molecular weight excluding hydrogens is 340 g/mol. The number of carbonyl (C=O) groups excluding carboxylic acids is 1. The Morgan fingerprint density at radius 3 is 2.44 bits per heavy atom. The summed E-state index contributed by atoms with van der Waals surface area (Å²) in [6.07, 6.45) is 0. The van der Waals surface area contributed by atoms with E-state index in [1.807, 2.05) is 30.3 Å². The normalized spacial score (nSPS) is 11.2. The molecule has 3 rings (SSSR count). The minimum Gasteiger partial charge on any atom is -0.309 e. The van der Waals surface area contributed by atoms with Crippen molar-refractivity contribution in [1.82, 2.24) is 18.7 Å². The Labute approximate surface area is 147 Å². The lowest BCUT2D eigenvalue weighted by molar-refractivity contribution is -0.114. The van der Waals surface area contributed by atoms with Crippen LogP contribution in [0, 0.1) is 0 Å². The lowest BCUT2D eigenvalue weighted by Crippen LogP contribution is -2.37. The quantitative estimate of drug-likeness (QED) is 0.640. The number of benzene rings is 1. The summed E-state index contributed by atoms with van der Waals surface area (Å²) in [6, 6.07) is 9.68. The molecule has 0 atom stereocenters. The van der Waals surface area contributed by atoms with Crippen LogP contribution in [-0.2, 0) is 25.4 Å². The van der Waals surface area contributed by atoms with Gasteiger partial charge in [0.2, 0.25) is 0 Å². The summed E-state index contributed by atoms with van der Waals surface area (Å²) in [7, 11) is 3.04. The number of hydrogen-bond donors (Lipinski definition) is 0. The molecule has 0 aliphatic rings. The van der Waals surface area contributed by atoms with Gasteiger partial charge < -0.3 is 4.57 Å². The number of nitrogens with zero attached hydrogens (tertiary/aromatic N) is 4. The Hall–Kier alpha value is -2.61. The van der Waals surface area contributed by atoms with Crippen LogP contribution in [0.25, 0.3) is 11.2 Å². The molecule has 3 aromatic rings. The van der Waals surface area contributed by atoms with Gasteiger partial charge in [-0.05, 0) is 12.5 Å². The number of aryl methyl sites for hydroxylation is 1. The van der Waals surface area contributed by atoms with Gasteiger partial charge >= 0.3 is 5.69 Å². The van der Waals surface area contributed by atoms with E-state index in [1.165, 1.54) is 30.3 Å². The van der Waals surface area contributed by atoms with Crippen LogP contribution in [0.2, 0.25) is 0 Å². The molecule has 25 heavy (non-hydrogen) atoms. The summed E-state index contributed by atoms with van der Waals surface area (Å²) in [5, 5.41) is 0.548. The standard InChI is InChI=1S/C17H18N4O3S/c1-11(22)10-25-16-18-14-13(15(23)20(3)17(24)19(14)2)21(16)9-12-7-5-4-6-8-12/h4-8H,9-10H2,1-3H3. The average Bonchev–Trinajstić information content (AvgIpc) is 2.95. The van der Waals surface area contributed by atoms with Gasteiger partial charge in [-0.1, -0.05) is 42.1 Å². The minimum absolute atomic E-state index is 0.0186. The van der Waals surface area contributed by atoms with Crippen molar-refractivity contribution in [2.75, 3.05) is 5.75 Å². The van der Waals surface area contributed by atoms with Crippen LogP contribution in [0.5, 0.6) is 0 Å². The fourth-order valence-corrected chi connectivity index (χ4v) is 3.41. The zero-order valence-corrected chi connectivity index (χ0v) is 15.0. The van der Waals surface area contributed by atoms with Gasteiger partial charge in [0.1, 0.15) is 5.78 Å². The van der Waals surface area contributed by atoms with Gasteiger partial charge in [0, 0.05) is 14.1 Å². The van der Waals surface area contributed by atoms with E-state index >= 15 is 0 Å². The molecule has 0 fully saturated rings. The molecular formula is C17H18N4O3S. The molecule has 0 unspecified atom stereocenters. The third kappa shape index (κ3) is 3.17. The van der Waals surface area contributed by atoms with Crippen molar-refractivity contribution in [3.05, 3.63) is 56.7 Å². The van der Waals surface area contributed by atoms with Crippen molar-refractivity contribution < 1.29 is 4.79 Å². The molecule has 0 aliphatic carbocycles. The van der Waals surface area contributed by atoms with E-state index in [-0.39, 0.29) is 11.5 Å². The molecule has 0 N–H and O–H groups in total. The zero-order chi connectivity index (χ0) is 18.1. The lowest BCUT2D eigenvalue weighted by atomic mass is 10.2. The highest BCUT2D eigenvalue weighted by Crippen LogP contribution is 2.23. The Morgan fingerprint density at radius 1 is 1.12 bits per heavy atom. The molecule has 2 heterocycles. The molecule has 1 aromatic carbocycles. The number of hydrogen-bond acceptors (Lipinski definition) is 5. The highest BCUT2D eigenvalue weighted by molar-refractivity contribution is 7.99. The van der Waals surface area contributed by atoms with Crippen LogP contribution >= 0.6 is 11.8 Å². The summed E-state index contributed by atoms with van der Waals surface area (Å²) in [4.78, 5) is 40.7. The number of thioether (sulfide) groups is 1. The van der Waals surface area contributed by atoms with Crippen LogP contribution in [0.4, 0.5) is 0 Å². The molecule has 0 spiro atoms. The van der Waals surface area contributed by atoms with Crippen molar-refractivity contribution >= 4 is 28.7 Å². The smallest absolute Gasteiger partial charge is 0.309 e. The van der Waals surface area contributed by atoms with Crippen molar-refractivity contribution in [3.8, 4) is 0 Å². The summed E-state index contributed by atoms with van der Waals surface area (Å²) >= 11 is 1.27. The van der Waals surface area contributed by atoms with Crippen LogP contribution in [-0.4, -0.2) is 30.2 Å². The topological polar surface area (TPSA) is 78.9 Å². The summed E-state index contributed by atoms with van der Waals surface area (Å²) < 4.78 is 4.21. The summed E-state index contributed by atoms with van der Waals surface area (Å²) in [6.45, 7) is 1.94. The molecule has 0 saturated carbocycles. The Balaban J connectivity index is 2.26. The van der Waals surface area contributed by atoms with Gasteiger partial charge in [0.25, 0.3) is 5.56 Å². The molecule has 7 nitrogen and oxygen atoms in total. The molecule has 0 radical (unpaired) electrons. The molecule has 0 amide bonds. The number of carbonyl (C=O) groups is 1. The zero-order valence-electron chi connectivity index (χ0n) is 14.2. The first-order chi connectivity index (χ1) is 11.9. The van der Waals surface area contributed by atoms with E-state index in [0.717, 1.165) is 10.1 Å². The second kappa shape index (κ2) is 6.72. The number of fused-ring (bicyclic) bond motifs is 1. The first-order valence-corrected chi connectivity index (χ1v) is 8.71. The maximum absolute atomic E-state index is 12.7. The Morgan fingerprint density at radius 2 is 1.80 bits per heavy atom. The lowest BCUT2D eigenvalue weighted by Gasteiger charge is -2.09. The highest BCUT2D eigenvalue weighted by atomic mass is 32.2. The number of ketones is 1. The number of rotatable bonds is 5. The van der Waals surface area contributed by atoms with Gasteiger partial charge in [-0.2, -0.15) is 0 Å². The van der Waals surface area contributed by atoms with Crippen LogP contribution in [0.1, 0.15) is 12.5 Å². The van der Waals surface area contributed by atoms with E-state index in [1.54, 1.807) is 11.6 Å². The third-order valence-electron chi connectivity index (χ3n) is 3.90. The van der Waals surface area contributed by atoms with Gasteiger partial charge in [0.15, 0.2) is 16.3 Å². The van der Waals surface area contributed by atoms with E-state index in [0.29, 0.717) is 22.9 Å². The van der Waals surface area contributed by atoms with E-state index in [2.05, 4.69) is 4.98 Å². The van der Waals surface area contributed by atoms with Gasteiger partial charge in [0.05, 0.1) is 12.3 Å². The predicted molar refractivity (Wildman–Crippen MR) is 97.2 cm³/mol. The largest absolute Gasteiger partial charge is 0.332 e. The fourth-order valence-electron chi connectivity index (χ4n) is 2.62. The van der Waals surface area contributed by atoms with E-state index in [9.17, 15) is 14.4 Å². The number of Topliss-reactive ketones (excluding diaryl/α,β-unsaturated/α-hetero) is 1. The molecule has 2 aromatic heterocycles. The number of aromatic nitrogens is 4. The maximum Gasteiger partial charge on any atom is 0.332 e. The third-order valence-corrected chi connectivity index (χ3v) is 5.02. The van der Waals surface area contributed by atoms with E-state index in [4.69, 9.17) is 0 Å². The van der Waals surface area contributed by atoms with Crippen molar-refractivity contribution in [1.29, 1.82) is 0 Å². The molecule has 0 bridgehead atoms. The second-order valence-electron chi connectivity index (χ2n) is 5.83. The molecule has 0 aliphatic heterocycles. The Kier molecular flexibility index (Phi) is 4.63. The fraction of sp³-hybridized carbons (Fsp3) is 0.294. The minimum atomic E-state index is -0.426. The summed E-state index contributed by atoms with van der Waals surface area (Å²) in [5.74, 6) is 0.275. The maximum atomic E-state index is 12.7. The second-order valence-corrected chi connectivity index (χ2v) is 6.78. The molecule has 0 saturated heterocycles. The van der Waals surface area contributed by atoms with Gasteiger partial charge in [-0.15, -0.1) is 0 Å². The first kappa shape index (κ1) is 17.2.